The minimum absolute atomic E-state index is 0.0617. The van der Waals surface area contributed by atoms with Crippen molar-refractivity contribution in [3.63, 3.8) is 0 Å². The Bertz CT molecular complexity index is 1440. The van der Waals surface area contributed by atoms with Crippen LogP contribution in [0.15, 0.2) is 60.8 Å². The molecule has 8 heteroatoms. The van der Waals surface area contributed by atoms with Crippen LogP contribution in [0.25, 0.3) is 10.9 Å². The number of halogens is 4. The zero-order chi connectivity index (χ0) is 23.5. The summed E-state index contributed by atoms with van der Waals surface area (Å²) in [7, 11) is 0. The van der Waals surface area contributed by atoms with E-state index in [9.17, 15) is 14.0 Å². The van der Waals surface area contributed by atoms with Gasteiger partial charge in [-0.3, -0.25) is 4.98 Å². The Labute approximate surface area is 198 Å². The molecule has 1 heterocycles. The van der Waals surface area contributed by atoms with Crippen molar-refractivity contribution in [2.45, 2.75) is 6.04 Å². The topological polar surface area (TPSA) is 60.7 Å². The molecular formula is C25H14Cl2F2N4. The first-order valence-corrected chi connectivity index (χ1v) is 10.4. The van der Waals surface area contributed by atoms with Crippen molar-refractivity contribution in [1.29, 1.82) is 5.26 Å². The molecule has 4 aromatic rings. The summed E-state index contributed by atoms with van der Waals surface area (Å²) in [6, 6.07) is 14.9. The summed E-state index contributed by atoms with van der Waals surface area (Å²) < 4.78 is 26.9. The zero-order valence-corrected chi connectivity index (χ0v) is 18.3. The summed E-state index contributed by atoms with van der Waals surface area (Å²) in [5.74, 6) is 1.71. The van der Waals surface area contributed by atoms with E-state index in [1.807, 2.05) is 0 Å². The number of fused-ring (bicyclic) bond motifs is 1. The number of nitrogens with one attached hydrogen (secondary N) is 2. The normalized spacial score (nSPS) is 11.5. The second-order valence-corrected chi connectivity index (χ2v) is 7.88. The Hall–Kier alpha value is -3.84. The number of pyridine rings is 1. The monoisotopic (exact) mass is 478 g/mol. The van der Waals surface area contributed by atoms with E-state index in [0.29, 0.717) is 38.6 Å². The molecule has 4 rings (SSSR count). The molecule has 1 aromatic heterocycles. The number of nitrogens with zero attached hydrogens (tertiary/aromatic N) is 2. The average molecular weight is 479 g/mol. The van der Waals surface area contributed by atoms with Gasteiger partial charge in [-0.15, -0.1) is 6.42 Å². The summed E-state index contributed by atoms with van der Waals surface area (Å²) in [4.78, 5) is 4.30. The second kappa shape index (κ2) is 9.34. The molecule has 2 N–H and O–H groups in total. The Balaban J connectivity index is 1.79. The first-order chi connectivity index (χ1) is 15.9. The van der Waals surface area contributed by atoms with Gasteiger partial charge in [0.15, 0.2) is 0 Å². The van der Waals surface area contributed by atoms with Gasteiger partial charge in [0, 0.05) is 23.0 Å². The zero-order valence-electron chi connectivity index (χ0n) is 16.8. The summed E-state index contributed by atoms with van der Waals surface area (Å²) >= 11 is 12.4. The Morgan fingerprint density at radius 2 is 1.70 bits per heavy atom. The molecule has 0 saturated carbocycles. The molecule has 1 atom stereocenters. The average Bonchev–Trinajstić information content (AvgIpc) is 2.81. The lowest BCUT2D eigenvalue weighted by Gasteiger charge is -2.18. The van der Waals surface area contributed by atoms with Crippen molar-refractivity contribution in [3.8, 4) is 18.4 Å². The molecule has 0 aliphatic carbocycles. The lowest BCUT2D eigenvalue weighted by Crippen LogP contribution is -2.09. The lowest BCUT2D eigenvalue weighted by atomic mass is 10.1. The predicted octanol–water partition coefficient (Wildman–Crippen LogP) is 7.22. The minimum atomic E-state index is -0.557. The van der Waals surface area contributed by atoms with Gasteiger partial charge in [0.25, 0.3) is 0 Å². The van der Waals surface area contributed by atoms with Crippen LogP contribution in [0, 0.1) is 35.3 Å². The maximum absolute atomic E-state index is 13.6. The molecule has 0 saturated heterocycles. The number of aromatic nitrogens is 1. The van der Waals surface area contributed by atoms with Gasteiger partial charge >= 0.3 is 0 Å². The van der Waals surface area contributed by atoms with Gasteiger partial charge in [0.05, 0.1) is 26.8 Å². The number of hydrogen-bond donors (Lipinski definition) is 2. The quantitative estimate of drug-likeness (QED) is 0.297. The molecule has 3 aromatic carbocycles. The van der Waals surface area contributed by atoms with Crippen LogP contribution < -0.4 is 10.6 Å². The van der Waals surface area contributed by atoms with E-state index in [1.54, 1.807) is 24.3 Å². The van der Waals surface area contributed by atoms with E-state index < -0.39 is 11.9 Å². The maximum atomic E-state index is 13.6. The first-order valence-electron chi connectivity index (χ1n) is 9.62. The highest BCUT2D eigenvalue weighted by Gasteiger charge is 2.16. The highest BCUT2D eigenvalue weighted by molar-refractivity contribution is 6.36. The van der Waals surface area contributed by atoms with Crippen molar-refractivity contribution < 1.29 is 8.78 Å². The third kappa shape index (κ3) is 4.68. The molecular weight excluding hydrogens is 465 g/mol. The predicted molar refractivity (Wildman–Crippen MR) is 128 cm³/mol. The van der Waals surface area contributed by atoms with Crippen LogP contribution in [0.3, 0.4) is 0 Å². The molecule has 0 bridgehead atoms. The van der Waals surface area contributed by atoms with Crippen LogP contribution in [-0.2, 0) is 0 Å². The summed E-state index contributed by atoms with van der Waals surface area (Å²) in [5.41, 5.74) is 2.87. The van der Waals surface area contributed by atoms with Gasteiger partial charge < -0.3 is 10.6 Å². The third-order valence-corrected chi connectivity index (χ3v) is 5.49. The van der Waals surface area contributed by atoms with E-state index in [4.69, 9.17) is 29.6 Å². The third-order valence-electron chi connectivity index (χ3n) is 4.92. The van der Waals surface area contributed by atoms with Gasteiger partial charge in [0.1, 0.15) is 23.7 Å². The Kier molecular flexibility index (Phi) is 6.33. The summed E-state index contributed by atoms with van der Waals surface area (Å²) in [5, 5.41) is 16.7. The number of hydrogen-bond acceptors (Lipinski definition) is 4. The fourth-order valence-electron chi connectivity index (χ4n) is 3.32. The Morgan fingerprint density at radius 3 is 2.36 bits per heavy atom. The van der Waals surface area contributed by atoms with Crippen molar-refractivity contribution in [2.75, 3.05) is 10.6 Å². The van der Waals surface area contributed by atoms with Crippen LogP contribution in [0.4, 0.5) is 25.8 Å². The molecule has 0 radical (unpaired) electrons. The molecule has 0 fully saturated rings. The van der Waals surface area contributed by atoms with Crippen LogP contribution in [-0.4, -0.2) is 4.98 Å². The molecule has 0 aliphatic heterocycles. The number of nitriles is 1. The van der Waals surface area contributed by atoms with E-state index >= 15 is 0 Å². The van der Waals surface area contributed by atoms with Crippen LogP contribution >= 0.6 is 23.2 Å². The van der Waals surface area contributed by atoms with E-state index in [0.717, 1.165) is 0 Å². The van der Waals surface area contributed by atoms with Gasteiger partial charge in [-0.1, -0.05) is 41.3 Å². The molecule has 0 spiro atoms. The highest BCUT2D eigenvalue weighted by Crippen LogP contribution is 2.36. The molecule has 4 nitrogen and oxygen atoms in total. The minimum Gasteiger partial charge on any atom is -0.368 e. The van der Waals surface area contributed by atoms with Crippen molar-refractivity contribution in [2.24, 2.45) is 0 Å². The van der Waals surface area contributed by atoms with Gasteiger partial charge in [0.2, 0.25) is 0 Å². The molecule has 1 unspecified atom stereocenters. The SMILES string of the molecule is C#CC(Nc1cc(Cl)c2ncc(C#N)c(Nc3ccc(F)c(Cl)c3)c2c1)c1ccc(F)cc1. The van der Waals surface area contributed by atoms with Gasteiger partial charge in [-0.05, 0) is 48.0 Å². The van der Waals surface area contributed by atoms with Crippen LogP contribution in [0.2, 0.25) is 10.0 Å². The largest absolute Gasteiger partial charge is 0.368 e. The second-order valence-electron chi connectivity index (χ2n) is 7.06. The van der Waals surface area contributed by atoms with E-state index in [-0.39, 0.29) is 16.4 Å². The molecule has 0 aliphatic rings. The van der Waals surface area contributed by atoms with Crippen LogP contribution in [0.5, 0.6) is 0 Å². The van der Waals surface area contributed by atoms with Crippen molar-refractivity contribution in [1.82, 2.24) is 4.98 Å². The van der Waals surface area contributed by atoms with E-state index in [1.165, 1.54) is 36.5 Å². The lowest BCUT2D eigenvalue weighted by molar-refractivity contribution is 0.627. The molecule has 0 amide bonds. The smallest absolute Gasteiger partial charge is 0.141 e. The standard InChI is InChI=1S/C25H14Cl2F2N4/c1-2-23(14-3-5-16(28)6-4-14)32-18-9-19-24(33-17-7-8-22(29)20(26)10-17)15(12-30)13-31-25(19)21(27)11-18/h1,3-11,13,23,32H,(H,31,33). The van der Waals surface area contributed by atoms with Crippen molar-refractivity contribution >= 4 is 51.2 Å². The number of anilines is 3. The van der Waals surface area contributed by atoms with Gasteiger partial charge in [-0.2, -0.15) is 5.26 Å². The number of benzene rings is 3. The molecule has 162 valence electrons. The van der Waals surface area contributed by atoms with Gasteiger partial charge in [-0.25, -0.2) is 8.78 Å². The van der Waals surface area contributed by atoms with E-state index in [2.05, 4.69) is 27.6 Å². The fraction of sp³-hybridized carbons (Fsp3) is 0.0400. The maximum Gasteiger partial charge on any atom is 0.141 e. The summed E-state index contributed by atoms with van der Waals surface area (Å²) in [6.07, 6.45) is 7.10. The first kappa shape index (κ1) is 22.4. The Morgan fingerprint density at radius 1 is 0.970 bits per heavy atom. The number of terminal acetylenes is 1. The fourth-order valence-corrected chi connectivity index (χ4v) is 3.77. The summed E-state index contributed by atoms with van der Waals surface area (Å²) in [6.45, 7) is 0. The highest BCUT2D eigenvalue weighted by atomic mass is 35.5. The van der Waals surface area contributed by atoms with Crippen molar-refractivity contribution in [3.05, 3.63) is 93.6 Å². The van der Waals surface area contributed by atoms with Crippen LogP contribution in [0.1, 0.15) is 17.2 Å². The molecule has 33 heavy (non-hydrogen) atoms. The number of rotatable bonds is 5.